The summed E-state index contributed by atoms with van der Waals surface area (Å²) in [6, 6.07) is 8.00. The van der Waals surface area contributed by atoms with E-state index in [2.05, 4.69) is 13.0 Å². The van der Waals surface area contributed by atoms with Crippen LogP contribution in [0.5, 0.6) is 0 Å². The molecule has 90 valence electrons. The molecule has 1 unspecified atom stereocenters. The highest BCUT2D eigenvalue weighted by atomic mass is 35.5. The molecule has 0 aliphatic carbocycles. The van der Waals surface area contributed by atoms with Crippen molar-refractivity contribution in [3.63, 3.8) is 0 Å². The van der Waals surface area contributed by atoms with E-state index in [0.717, 1.165) is 37.5 Å². The monoisotopic (exact) mass is 241 g/mol. The number of hydrogen-bond acceptors (Lipinski definition) is 2. The van der Waals surface area contributed by atoms with Gasteiger partial charge in [0.2, 0.25) is 0 Å². The third-order valence-corrected chi connectivity index (χ3v) is 2.60. The molecule has 0 heterocycles. The van der Waals surface area contributed by atoms with Crippen LogP contribution in [0.4, 0.5) is 0 Å². The summed E-state index contributed by atoms with van der Waals surface area (Å²) in [6.45, 7) is 3.67. The topological polar surface area (TPSA) is 35.2 Å². The second kappa shape index (κ2) is 7.66. The summed E-state index contributed by atoms with van der Waals surface area (Å²) in [6.07, 6.45) is 2.81. The van der Waals surface area contributed by atoms with Gasteiger partial charge in [-0.05, 0) is 37.0 Å². The van der Waals surface area contributed by atoms with E-state index >= 15 is 0 Å². The van der Waals surface area contributed by atoms with Crippen LogP contribution >= 0.6 is 11.6 Å². The molecule has 0 radical (unpaired) electrons. The minimum absolute atomic E-state index is 0.148. The number of rotatable bonds is 7. The number of halogens is 1. The van der Waals surface area contributed by atoms with E-state index in [9.17, 15) is 0 Å². The standard InChI is InChI=1S/C13H20ClNO/c1-2-7-16-8-6-13(15)10-11-4-3-5-12(14)9-11/h3-5,9,13H,2,6-8,10,15H2,1H3. The molecule has 1 aromatic rings. The average Bonchev–Trinajstić information content (AvgIpc) is 2.24. The van der Waals surface area contributed by atoms with E-state index in [0.29, 0.717) is 0 Å². The fraction of sp³-hybridized carbons (Fsp3) is 0.538. The summed E-state index contributed by atoms with van der Waals surface area (Å²) >= 11 is 5.91. The van der Waals surface area contributed by atoms with E-state index in [1.807, 2.05) is 18.2 Å². The number of ether oxygens (including phenoxy) is 1. The van der Waals surface area contributed by atoms with Gasteiger partial charge in [0.05, 0.1) is 0 Å². The van der Waals surface area contributed by atoms with E-state index in [4.69, 9.17) is 22.1 Å². The first-order valence-corrected chi connectivity index (χ1v) is 6.18. The molecule has 1 aromatic carbocycles. The van der Waals surface area contributed by atoms with Crippen LogP contribution in [0.3, 0.4) is 0 Å². The van der Waals surface area contributed by atoms with Crippen molar-refractivity contribution in [1.29, 1.82) is 0 Å². The first-order valence-electron chi connectivity index (χ1n) is 5.80. The van der Waals surface area contributed by atoms with E-state index < -0.39 is 0 Å². The van der Waals surface area contributed by atoms with Gasteiger partial charge < -0.3 is 10.5 Å². The Balaban J connectivity index is 2.25. The number of benzene rings is 1. The highest BCUT2D eigenvalue weighted by Crippen LogP contribution is 2.12. The smallest absolute Gasteiger partial charge is 0.0480 e. The first-order chi connectivity index (χ1) is 7.72. The summed E-state index contributed by atoms with van der Waals surface area (Å²) in [5, 5.41) is 0.770. The molecule has 0 fully saturated rings. The molecule has 0 saturated carbocycles. The Morgan fingerprint density at radius 1 is 1.38 bits per heavy atom. The summed E-state index contributed by atoms with van der Waals surface area (Å²) in [5.41, 5.74) is 7.21. The zero-order chi connectivity index (χ0) is 11.8. The van der Waals surface area contributed by atoms with Crippen LogP contribution in [-0.2, 0) is 11.2 Å². The van der Waals surface area contributed by atoms with Gasteiger partial charge in [-0.3, -0.25) is 0 Å². The molecule has 1 rings (SSSR count). The van der Waals surface area contributed by atoms with Gasteiger partial charge in [-0.2, -0.15) is 0 Å². The molecule has 1 atom stereocenters. The quantitative estimate of drug-likeness (QED) is 0.745. The zero-order valence-electron chi connectivity index (χ0n) is 9.79. The summed E-state index contributed by atoms with van der Waals surface area (Å²) in [4.78, 5) is 0. The number of nitrogens with two attached hydrogens (primary N) is 1. The number of hydrogen-bond donors (Lipinski definition) is 1. The van der Waals surface area contributed by atoms with Crippen molar-refractivity contribution in [2.24, 2.45) is 5.73 Å². The molecule has 16 heavy (non-hydrogen) atoms. The van der Waals surface area contributed by atoms with Gasteiger partial charge in [0.25, 0.3) is 0 Å². The maximum atomic E-state index is 6.01. The third-order valence-electron chi connectivity index (χ3n) is 2.37. The van der Waals surface area contributed by atoms with Crippen molar-refractivity contribution in [3.8, 4) is 0 Å². The second-order valence-corrected chi connectivity index (χ2v) is 4.43. The minimum atomic E-state index is 0.148. The van der Waals surface area contributed by atoms with E-state index in [1.54, 1.807) is 0 Å². The van der Waals surface area contributed by atoms with Crippen LogP contribution in [-0.4, -0.2) is 19.3 Å². The van der Waals surface area contributed by atoms with Crippen molar-refractivity contribution in [2.45, 2.75) is 32.2 Å². The SMILES string of the molecule is CCCOCCC(N)Cc1cccc(Cl)c1. The Hall–Kier alpha value is -0.570. The zero-order valence-corrected chi connectivity index (χ0v) is 10.5. The van der Waals surface area contributed by atoms with Gasteiger partial charge in [-0.15, -0.1) is 0 Å². The van der Waals surface area contributed by atoms with Crippen LogP contribution in [0.25, 0.3) is 0 Å². The maximum absolute atomic E-state index is 6.01. The molecular weight excluding hydrogens is 222 g/mol. The van der Waals surface area contributed by atoms with Gasteiger partial charge in [-0.1, -0.05) is 30.7 Å². The Labute approximate surface area is 103 Å². The van der Waals surface area contributed by atoms with Gasteiger partial charge in [0.15, 0.2) is 0 Å². The van der Waals surface area contributed by atoms with Crippen molar-refractivity contribution >= 4 is 11.6 Å². The molecule has 0 aliphatic heterocycles. The van der Waals surface area contributed by atoms with Crippen LogP contribution < -0.4 is 5.73 Å². The molecule has 0 saturated heterocycles. The summed E-state index contributed by atoms with van der Waals surface area (Å²) in [5.74, 6) is 0. The van der Waals surface area contributed by atoms with Gasteiger partial charge in [0.1, 0.15) is 0 Å². The molecule has 0 aliphatic rings. The Morgan fingerprint density at radius 3 is 2.88 bits per heavy atom. The van der Waals surface area contributed by atoms with Crippen LogP contribution in [0.15, 0.2) is 24.3 Å². The van der Waals surface area contributed by atoms with E-state index in [1.165, 1.54) is 5.56 Å². The van der Waals surface area contributed by atoms with Crippen LogP contribution in [0.2, 0.25) is 5.02 Å². The summed E-state index contributed by atoms with van der Waals surface area (Å²) in [7, 11) is 0. The lowest BCUT2D eigenvalue weighted by molar-refractivity contribution is 0.127. The Morgan fingerprint density at radius 2 is 2.19 bits per heavy atom. The van der Waals surface area contributed by atoms with Crippen molar-refractivity contribution < 1.29 is 4.74 Å². The molecular formula is C13H20ClNO. The molecule has 0 amide bonds. The average molecular weight is 242 g/mol. The molecule has 0 aromatic heterocycles. The van der Waals surface area contributed by atoms with Crippen molar-refractivity contribution in [2.75, 3.05) is 13.2 Å². The van der Waals surface area contributed by atoms with Gasteiger partial charge in [-0.25, -0.2) is 0 Å². The van der Waals surface area contributed by atoms with Gasteiger partial charge >= 0.3 is 0 Å². The maximum Gasteiger partial charge on any atom is 0.0480 e. The largest absolute Gasteiger partial charge is 0.381 e. The highest BCUT2D eigenvalue weighted by molar-refractivity contribution is 6.30. The minimum Gasteiger partial charge on any atom is -0.381 e. The fourth-order valence-corrected chi connectivity index (χ4v) is 1.76. The van der Waals surface area contributed by atoms with Crippen molar-refractivity contribution in [1.82, 2.24) is 0 Å². The van der Waals surface area contributed by atoms with Crippen molar-refractivity contribution in [3.05, 3.63) is 34.9 Å². The molecule has 2 N–H and O–H groups in total. The summed E-state index contributed by atoms with van der Waals surface area (Å²) < 4.78 is 5.41. The lowest BCUT2D eigenvalue weighted by atomic mass is 10.0. The second-order valence-electron chi connectivity index (χ2n) is 4.00. The molecule has 0 bridgehead atoms. The first kappa shape index (κ1) is 13.5. The van der Waals surface area contributed by atoms with Crippen LogP contribution in [0, 0.1) is 0 Å². The normalized spacial score (nSPS) is 12.7. The predicted octanol–water partition coefficient (Wildman–Crippen LogP) is 3.03. The lowest BCUT2D eigenvalue weighted by Gasteiger charge is -2.11. The Bertz CT molecular complexity index is 304. The highest BCUT2D eigenvalue weighted by Gasteiger charge is 2.04. The Kier molecular flexibility index (Phi) is 6.46. The fourth-order valence-electron chi connectivity index (χ4n) is 1.55. The third kappa shape index (κ3) is 5.50. The molecule has 0 spiro atoms. The molecule has 2 nitrogen and oxygen atoms in total. The molecule has 3 heteroatoms. The van der Waals surface area contributed by atoms with Gasteiger partial charge in [0, 0.05) is 24.3 Å². The lowest BCUT2D eigenvalue weighted by Crippen LogP contribution is -2.24. The predicted molar refractivity (Wildman–Crippen MR) is 68.9 cm³/mol. The van der Waals surface area contributed by atoms with Crippen LogP contribution in [0.1, 0.15) is 25.3 Å². The van der Waals surface area contributed by atoms with E-state index in [-0.39, 0.29) is 6.04 Å².